The number of carbonyl (C=O) groups is 2. The highest BCUT2D eigenvalue weighted by atomic mass is 79.9. The number of anilines is 1. The number of thiophene rings is 1. The quantitative estimate of drug-likeness (QED) is 0.205. The minimum atomic E-state index is -0.562. The Morgan fingerprint density at radius 3 is 2.73 bits per heavy atom. The van der Waals surface area contributed by atoms with Gasteiger partial charge in [-0.1, -0.05) is 43.5 Å². The van der Waals surface area contributed by atoms with Crippen LogP contribution in [0.4, 0.5) is 5.69 Å². The van der Waals surface area contributed by atoms with E-state index in [1.165, 1.54) is 28.2 Å². The number of hydrogen-bond donors (Lipinski definition) is 2. The van der Waals surface area contributed by atoms with Gasteiger partial charge in [0.05, 0.1) is 16.3 Å². The molecule has 3 heterocycles. The van der Waals surface area contributed by atoms with Crippen molar-refractivity contribution in [2.45, 2.75) is 20.3 Å². The molecular formula is C25H22BrCl2N5O3S. The molecule has 0 bridgehead atoms. The van der Waals surface area contributed by atoms with E-state index in [9.17, 15) is 9.59 Å². The van der Waals surface area contributed by atoms with E-state index >= 15 is 0 Å². The fourth-order valence-electron chi connectivity index (χ4n) is 3.26. The fraction of sp³-hybridized carbons (Fsp3) is 0.200. The number of amides is 2. The van der Waals surface area contributed by atoms with Crippen molar-refractivity contribution >= 4 is 68.0 Å². The Balaban J connectivity index is 1.70. The molecule has 4 aromatic rings. The van der Waals surface area contributed by atoms with Gasteiger partial charge in [0.15, 0.2) is 5.82 Å². The SMILES string of the molecule is CCC(C)CNC(=O)c1cc(Cl)cc(Br)c1NC(=O)c1cc(Oc2ccsc2)nn1-c1ncccc1Cl. The summed E-state index contributed by atoms with van der Waals surface area (Å²) in [7, 11) is 0. The lowest BCUT2D eigenvalue weighted by Crippen LogP contribution is -2.29. The summed E-state index contributed by atoms with van der Waals surface area (Å²) in [5.74, 6) is 0.372. The summed E-state index contributed by atoms with van der Waals surface area (Å²) in [5, 5.41) is 14.4. The Bertz CT molecular complexity index is 1430. The summed E-state index contributed by atoms with van der Waals surface area (Å²) >= 11 is 17.5. The third kappa shape index (κ3) is 6.51. The first-order chi connectivity index (χ1) is 17.8. The number of nitrogens with one attached hydrogen (secondary N) is 2. The molecule has 1 unspecified atom stereocenters. The molecule has 0 aliphatic rings. The van der Waals surface area contributed by atoms with Gasteiger partial charge in [0.25, 0.3) is 11.8 Å². The number of pyridine rings is 1. The number of benzene rings is 1. The number of ether oxygens (including phenoxy) is 1. The maximum atomic E-state index is 13.6. The minimum absolute atomic E-state index is 0.0960. The van der Waals surface area contributed by atoms with E-state index in [0.717, 1.165) is 6.42 Å². The first-order valence-corrected chi connectivity index (χ1v) is 13.8. The lowest BCUT2D eigenvalue weighted by atomic mass is 10.1. The summed E-state index contributed by atoms with van der Waals surface area (Å²) in [6.45, 7) is 4.57. The Hall–Kier alpha value is -2.92. The molecule has 37 heavy (non-hydrogen) atoms. The summed E-state index contributed by atoms with van der Waals surface area (Å²) in [5.41, 5.74) is 0.572. The molecule has 0 aliphatic heterocycles. The lowest BCUT2D eigenvalue weighted by Gasteiger charge is -2.16. The topological polar surface area (TPSA) is 98.1 Å². The number of nitrogens with zero attached hydrogens (tertiary/aromatic N) is 3. The first kappa shape index (κ1) is 27.1. The van der Waals surface area contributed by atoms with Crippen LogP contribution in [0.2, 0.25) is 10.0 Å². The Kier molecular flexibility index (Phi) is 8.86. The number of aromatic nitrogens is 3. The molecular weight excluding hydrogens is 601 g/mol. The van der Waals surface area contributed by atoms with Gasteiger partial charge in [-0.25, -0.2) is 9.67 Å². The molecule has 8 nitrogen and oxygen atoms in total. The maximum Gasteiger partial charge on any atom is 0.274 e. The van der Waals surface area contributed by atoms with Gasteiger partial charge < -0.3 is 15.4 Å². The van der Waals surface area contributed by atoms with Crippen molar-refractivity contribution in [2.24, 2.45) is 5.92 Å². The average Bonchev–Trinajstić information content (AvgIpc) is 3.54. The molecule has 3 aromatic heterocycles. The van der Waals surface area contributed by atoms with Crippen LogP contribution in [-0.2, 0) is 0 Å². The Morgan fingerprint density at radius 1 is 1.22 bits per heavy atom. The number of hydrogen-bond acceptors (Lipinski definition) is 6. The molecule has 12 heteroatoms. The zero-order valence-electron chi connectivity index (χ0n) is 19.8. The van der Waals surface area contributed by atoms with Crippen LogP contribution >= 0.6 is 50.5 Å². The van der Waals surface area contributed by atoms with Gasteiger partial charge in [-0.3, -0.25) is 9.59 Å². The van der Waals surface area contributed by atoms with Gasteiger partial charge in [-0.05, 0) is 57.6 Å². The standard InChI is InChI=1S/C25H22BrCl2N5O3S/c1-3-14(2)12-30-24(34)17-9-15(27)10-18(26)22(17)31-25(35)20-11-21(36-16-6-8-37-13-16)32-33(20)23-19(28)5-4-7-29-23/h4-11,13-14H,3,12H2,1-2H3,(H,30,34)(H,31,35). The van der Waals surface area contributed by atoms with Gasteiger partial charge in [0.2, 0.25) is 5.88 Å². The van der Waals surface area contributed by atoms with Crippen LogP contribution in [0.15, 0.2) is 57.8 Å². The molecule has 0 saturated carbocycles. The van der Waals surface area contributed by atoms with Crippen LogP contribution in [0.1, 0.15) is 41.1 Å². The second-order valence-electron chi connectivity index (χ2n) is 8.14. The third-order valence-corrected chi connectivity index (χ3v) is 7.22. The van der Waals surface area contributed by atoms with Crippen LogP contribution < -0.4 is 15.4 Å². The van der Waals surface area contributed by atoms with Crippen molar-refractivity contribution in [2.75, 3.05) is 11.9 Å². The number of halogens is 3. The smallest absolute Gasteiger partial charge is 0.274 e. The number of carbonyl (C=O) groups excluding carboxylic acids is 2. The van der Waals surface area contributed by atoms with E-state index in [2.05, 4.69) is 36.6 Å². The second kappa shape index (κ2) is 12.1. The van der Waals surface area contributed by atoms with E-state index in [1.807, 2.05) is 24.6 Å². The summed E-state index contributed by atoms with van der Waals surface area (Å²) in [4.78, 5) is 30.9. The van der Waals surface area contributed by atoms with E-state index in [1.54, 1.807) is 30.5 Å². The molecule has 0 saturated heterocycles. The first-order valence-electron chi connectivity index (χ1n) is 11.3. The molecule has 2 amide bonds. The highest BCUT2D eigenvalue weighted by Crippen LogP contribution is 2.32. The zero-order valence-corrected chi connectivity index (χ0v) is 23.7. The molecule has 0 radical (unpaired) electrons. The van der Waals surface area contributed by atoms with Crippen LogP contribution in [-0.4, -0.2) is 33.1 Å². The third-order valence-electron chi connectivity index (χ3n) is 5.42. The van der Waals surface area contributed by atoms with Crippen LogP contribution in [0.25, 0.3) is 5.82 Å². The van der Waals surface area contributed by atoms with E-state index in [0.29, 0.717) is 32.7 Å². The van der Waals surface area contributed by atoms with Gasteiger partial charge >= 0.3 is 0 Å². The van der Waals surface area contributed by atoms with E-state index in [-0.39, 0.29) is 34.5 Å². The molecule has 4 rings (SSSR count). The molecule has 2 N–H and O–H groups in total. The van der Waals surface area contributed by atoms with E-state index < -0.39 is 5.91 Å². The van der Waals surface area contributed by atoms with Crippen LogP contribution in [0, 0.1) is 5.92 Å². The van der Waals surface area contributed by atoms with Gasteiger partial charge in [0, 0.05) is 33.7 Å². The van der Waals surface area contributed by atoms with Crippen molar-refractivity contribution < 1.29 is 14.3 Å². The van der Waals surface area contributed by atoms with Crippen molar-refractivity contribution in [1.29, 1.82) is 0 Å². The minimum Gasteiger partial charge on any atom is -0.437 e. The molecule has 1 aromatic carbocycles. The van der Waals surface area contributed by atoms with Gasteiger partial charge in [-0.15, -0.1) is 16.4 Å². The van der Waals surface area contributed by atoms with Crippen molar-refractivity contribution in [3.8, 4) is 17.4 Å². The van der Waals surface area contributed by atoms with Crippen LogP contribution in [0.5, 0.6) is 11.6 Å². The maximum absolute atomic E-state index is 13.6. The Labute approximate surface area is 236 Å². The highest BCUT2D eigenvalue weighted by molar-refractivity contribution is 9.10. The predicted octanol–water partition coefficient (Wildman–Crippen LogP) is 7.22. The number of rotatable bonds is 9. The fourth-order valence-corrected chi connectivity index (χ4v) is 4.92. The molecule has 192 valence electrons. The van der Waals surface area contributed by atoms with Crippen molar-refractivity contribution in [1.82, 2.24) is 20.1 Å². The summed E-state index contributed by atoms with van der Waals surface area (Å²) in [6.07, 6.45) is 2.46. The highest BCUT2D eigenvalue weighted by Gasteiger charge is 2.24. The van der Waals surface area contributed by atoms with Crippen molar-refractivity contribution in [3.63, 3.8) is 0 Å². The van der Waals surface area contributed by atoms with Crippen molar-refractivity contribution in [3.05, 3.63) is 79.1 Å². The normalized spacial score (nSPS) is 11.7. The summed E-state index contributed by atoms with van der Waals surface area (Å²) in [6, 6.07) is 9.68. The average molecular weight is 623 g/mol. The molecule has 0 aliphatic carbocycles. The van der Waals surface area contributed by atoms with Gasteiger partial charge in [0.1, 0.15) is 11.4 Å². The zero-order chi connectivity index (χ0) is 26.5. The van der Waals surface area contributed by atoms with Crippen LogP contribution in [0.3, 0.4) is 0 Å². The van der Waals surface area contributed by atoms with Gasteiger partial charge in [-0.2, -0.15) is 0 Å². The predicted molar refractivity (Wildman–Crippen MR) is 150 cm³/mol. The largest absolute Gasteiger partial charge is 0.437 e. The molecule has 0 fully saturated rings. The Morgan fingerprint density at radius 2 is 2.03 bits per heavy atom. The molecule has 1 atom stereocenters. The summed E-state index contributed by atoms with van der Waals surface area (Å²) < 4.78 is 7.55. The lowest BCUT2D eigenvalue weighted by molar-refractivity contribution is 0.0948. The monoisotopic (exact) mass is 621 g/mol. The second-order valence-corrected chi connectivity index (χ2v) is 10.6. The molecule has 0 spiro atoms. The van der Waals surface area contributed by atoms with E-state index in [4.69, 9.17) is 27.9 Å².